The number of nitrogens with one attached hydrogen (secondary N) is 1. The smallest absolute Gasteiger partial charge is 0.226 e. The van der Waals surface area contributed by atoms with Crippen LogP contribution in [0.15, 0.2) is 28.6 Å². The standard InChI is InChI=1S/C15H18ClN3OS2/c1-15(2,3)8-12(20)17-13-18-19-14(22-13)21-9-10-6-4-5-7-11(10)16/h4-7H,8-9H2,1-3H3,(H,17,18,20). The largest absolute Gasteiger partial charge is 0.300 e. The van der Waals surface area contributed by atoms with E-state index in [0.29, 0.717) is 11.6 Å². The summed E-state index contributed by atoms with van der Waals surface area (Å²) in [7, 11) is 0. The minimum absolute atomic E-state index is 0.0358. The van der Waals surface area contributed by atoms with Crippen molar-refractivity contribution in [3.05, 3.63) is 34.9 Å². The van der Waals surface area contributed by atoms with Crippen LogP contribution in [0.5, 0.6) is 0 Å². The molecule has 0 saturated carbocycles. The molecular weight excluding hydrogens is 338 g/mol. The summed E-state index contributed by atoms with van der Waals surface area (Å²) in [4.78, 5) is 11.9. The summed E-state index contributed by atoms with van der Waals surface area (Å²) < 4.78 is 0.811. The highest BCUT2D eigenvalue weighted by Crippen LogP contribution is 2.30. The maximum Gasteiger partial charge on any atom is 0.226 e. The summed E-state index contributed by atoms with van der Waals surface area (Å²) >= 11 is 9.06. The van der Waals surface area contributed by atoms with Crippen LogP contribution in [0.1, 0.15) is 32.8 Å². The average Bonchev–Trinajstić information content (AvgIpc) is 2.83. The highest BCUT2D eigenvalue weighted by molar-refractivity contribution is 8.00. The summed E-state index contributed by atoms with van der Waals surface area (Å²) in [5.74, 6) is 0.691. The zero-order valence-corrected chi connectivity index (χ0v) is 15.1. The molecule has 0 unspecified atom stereocenters. The molecule has 0 atom stereocenters. The number of hydrogen-bond donors (Lipinski definition) is 1. The van der Waals surface area contributed by atoms with Crippen molar-refractivity contribution in [3.8, 4) is 0 Å². The molecule has 0 aliphatic rings. The van der Waals surface area contributed by atoms with Crippen LogP contribution in [0, 0.1) is 5.41 Å². The molecule has 0 fully saturated rings. The van der Waals surface area contributed by atoms with Crippen molar-refractivity contribution in [3.63, 3.8) is 0 Å². The Balaban J connectivity index is 1.89. The number of halogens is 1. The summed E-state index contributed by atoms with van der Waals surface area (Å²) in [5.41, 5.74) is 1.01. The normalized spacial score (nSPS) is 11.5. The van der Waals surface area contributed by atoms with Gasteiger partial charge >= 0.3 is 0 Å². The Labute approximate surface area is 143 Å². The molecule has 0 saturated heterocycles. The van der Waals surface area contributed by atoms with Gasteiger partial charge in [-0.3, -0.25) is 4.79 Å². The van der Waals surface area contributed by atoms with Crippen molar-refractivity contribution in [2.75, 3.05) is 5.32 Å². The van der Waals surface area contributed by atoms with Crippen LogP contribution < -0.4 is 5.32 Å². The number of carbonyl (C=O) groups excluding carboxylic acids is 1. The fourth-order valence-electron chi connectivity index (χ4n) is 1.72. The predicted molar refractivity (Wildman–Crippen MR) is 93.6 cm³/mol. The van der Waals surface area contributed by atoms with Gasteiger partial charge in [0.1, 0.15) is 0 Å². The zero-order valence-electron chi connectivity index (χ0n) is 12.7. The number of rotatable bonds is 5. The van der Waals surface area contributed by atoms with E-state index >= 15 is 0 Å². The fraction of sp³-hybridized carbons (Fsp3) is 0.400. The number of amides is 1. The van der Waals surface area contributed by atoms with E-state index in [4.69, 9.17) is 11.6 Å². The molecule has 1 amide bonds. The molecule has 7 heteroatoms. The number of nitrogens with zero attached hydrogens (tertiary/aromatic N) is 2. The molecule has 2 aromatic rings. The third-order valence-corrected chi connectivity index (χ3v) is 5.04. The van der Waals surface area contributed by atoms with Crippen molar-refractivity contribution < 1.29 is 4.79 Å². The minimum atomic E-state index is -0.0452. The zero-order chi connectivity index (χ0) is 16.2. The van der Waals surface area contributed by atoms with Crippen molar-refractivity contribution in [2.24, 2.45) is 5.41 Å². The third-order valence-electron chi connectivity index (χ3n) is 2.65. The van der Waals surface area contributed by atoms with Gasteiger partial charge in [0.05, 0.1) is 0 Å². The van der Waals surface area contributed by atoms with E-state index in [1.165, 1.54) is 11.3 Å². The number of carbonyl (C=O) groups is 1. The van der Waals surface area contributed by atoms with Gasteiger partial charge in [-0.15, -0.1) is 10.2 Å². The summed E-state index contributed by atoms with van der Waals surface area (Å²) in [6.07, 6.45) is 0.453. The number of hydrogen-bond acceptors (Lipinski definition) is 5. The molecular formula is C15H18ClN3OS2. The molecule has 0 bridgehead atoms. The van der Waals surface area contributed by atoms with Gasteiger partial charge in [0.2, 0.25) is 11.0 Å². The van der Waals surface area contributed by atoms with Crippen LogP contribution in [0.25, 0.3) is 0 Å². The quantitative estimate of drug-likeness (QED) is 0.614. The van der Waals surface area contributed by atoms with Crippen molar-refractivity contribution in [1.82, 2.24) is 10.2 Å². The number of benzene rings is 1. The number of anilines is 1. The highest BCUT2D eigenvalue weighted by Gasteiger charge is 2.17. The van der Waals surface area contributed by atoms with Gasteiger partial charge in [0.25, 0.3) is 0 Å². The highest BCUT2D eigenvalue weighted by atomic mass is 35.5. The molecule has 4 nitrogen and oxygen atoms in total. The van der Waals surface area contributed by atoms with Crippen LogP contribution in [-0.2, 0) is 10.5 Å². The molecule has 0 spiro atoms. The fourth-order valence-corrected chi connectivity index (χ4v) is 3.77. The first kappa shape index (κ1) is 17.2. The molecule has 0 aliphatic carbocycles. The predicted octanol–water partition coefficient (Wildman–Crippen LogP) is 4.86. The van der Waals surface area contributed by atoms with Gasteiger partial charge < -0.3 is 5.32 Å². The van der Waals surface area contributed by atoms with Crippen LogP contribution in [0.2, 0.25) is 5.02 Å². The lowest BCUT2D eigenvalue weighted by Gasteiger charge is -2.16. The second-order valence-corrected chi connectivity index (χ2v) is 8.65. The molecule has 0 radical (unpaired) electrons. The van der Waals surface area contributed by atoms with Crippen LogP contribution in [0.3, 0.4) is 0 Å². The molecule has 22 heavy (non-hydrogen) atoms. The van der Waals surface area contributed by atoms with Gasteiger partial charge in [-0.25, -0.2) is 0 Å². The van der Waals surface area contributed by atoms with Crippen molar-refractivity contribution in [1.29, 1.82) is 0 Å². The maximum atomic E-state index is 11.9. The van der Waals surface area contributed by atoms with E-state index in [1.54, 1.807) is 11.8 Å². The van der Waals surface area contributed by atoms with Gasteiger partial charge in [-0.2, -0.15) is 0 Å². The summed E-state index contributed by atoms with van der Waals surface area (Å²) in [6.45, 7) is 6.08. The van der Waals surface area contributed by atoms with Crippen molar-refractivity contribution in [2.45, 2.75) is 37.3 Å². The first-order valence-corrected chi connectivity index (χ1v) is 9.01. The molecule has 0 aliphatic heterocycles. The number of aromatic nitrogens is 2. The topological polar surface area (TPSA) is 54.9 Å². The van der Waals surface area contributed by atoms with Gasteiger partial charge in [-0.05, 0) is 17.0 Å². The Hall–Kier alpha value is -1.11. The molecule has 1 aromatic carbocycles. The van der Waals surface area contributed by atoms with E-state index in [1.807, 2.05) is 45.0 Å². The lowest BCUT2D eigenvalue weighted by Crippen LogP contribution is -2.19. The summed E-state index contributed by atoms with van der Waals surface area (Å²) in [5, 5.41) is 12.2. The van der Waals surface area contributed by atoms with E-state index < -0.39 is 0 Å². The molecule has 1 N–H and O–H groups in total. The Morgan fingerprint density at radius 3 is 2.73 bits per heavy atom. The first-order chi connectivity index (χ1) is 10.3. The van der Waals surface area contributed by atoms with Gasteiger partial charge in [0, 0.05) is 17.2 Å². The van der Waals surface area contributed by atoms with Crippen molar-refractivity contribution >= 4 is 45.7 Å². The van der Waals surface area contributed by atoms with Crippen LogP contribution in [-0.4, -0.2) is 16.1 Å². The van der Waals surface area contributed by atoms with Crippen LogP contribution in [0.4, 0.5) is 5.13 Å². The second-order valence-electron chi connectivity index (χ2n) is 6.04. The Bertz CT molecular complexity index is 652. The van der Waals surface area contributed by atoms with Crippen LogP contribution >= 0.6 is 34.7 Å². The van der Waals surface area contributed by atoms with E-state index in [2.05, 4.69) is 15.5 Å². The Morgan fingerprint density at radius 2 is 2.05 bits per heavy atom. The molecule has 1 heterocycles. The molecule has 2 rings (SSSR count). The first-order valence-electron chi connectivity index (χ1n) is 6.83. The molecule has 1 aromatic heterocycles. The minimum Gasteiger partial charge on any atom is -0.300 e. The summed E-state index contributed by atoms with van der Waals surface area (Å²) in [6, 6.07) is 7.72. The van der Waals surface area contributed by atoms with E-state index in [0.717, 1.165) is 20.7 Å². The lowest BCUT2D eigenvalue weighted by molar-refractivity contribution is -0.117. The Kier molecular flexibility index (Phi) is 5.83. The molecule has 118 valence electrons. The monoisotopic (exact) mass is 355 g/mol. The van der Waals surface area contributed by atoms with E-state index in [9.17, 15) is 4.79 Å². The SMILES string of the molecule is CC(C)(C)CC(=O)Nc1nnc(SCc2ccccc2Cl)s1. The maximum absolute atomic E-state index is 11.9. The van der Waals surface area contributed by atoms with Gasteiger partial charge in [0.15, 0.2) is 4.34 Å². The second kappa shape index (κ2) is 7.44. The van der Waals surface area contributed by atoms with E-state index in [-0.39, 0.29) is 11.3 Å². The average molecular weight is 356 g/mol. The third kappa shape index (κ3) is 5.59. The Morgan fingerprint density at radius 1 is 1.32 bits per heavy atom. The number of thioether (sulfide) groups is 1. The lowest BCUT2D eigenvalue weighted by atomic mass is 9.92. The van der Waals surface area contributed by atoms with Gasteiger partial charge in [-0.1, -0.05) is 73.7 Å².